The Balaban J connectivity index is 0.00000190. The van der Waals surface area contributed by atoms with Crippen molar-refractivity contribution >= 4 is 13.6 Å². The number of phosphoric acid groups is 1. The third kappa shape index (κ3) is 5.30. The maximum Gasteiger partial charge on any atom is 1.00 e. The van der Waals surface area contributed by atoms with Crippen molar-refractivity contribution in [2.45, 2.75) is 39.0 Å². The van der Waals surface area contributed by atoms with Crippen molar-refractivity contribution in [2.75, 3.05) is 0 Å². The summed E-state index contributed by atoms with van der Waals surface area (Å²) < 4.78 is 25.3. The third-order valence-corrected chi connectivity index (χ3v) is 6.61. The van der Waals surface area contributed by atoms with Gasteiger partial charge in [-0.15, -0.1) is 0 Å². The van der Waals surface area contributed by atoms with E-state index in [0.717, 1.165) is 10.1 Å². The average molecular weight is 543 g/mol. The van der Waals surface area contributed by atoms with Gasteiger partial charge in [0.15, 0.2) is 5.78 Å². The topological polar surface area (TPSA) is 148 Å². The van der Waals surface area contributed by atoms with E-state index < -0.39 is 30.8 Å². The van der Waals surface area contributed by atoms with Gasteiger partial charge in [-0.25, -0.2) is 23.5 Å². The summed E-state index contributed by atoms with van der Waals surface area (Å²) in [7, 11) is -5.28. The molecule has 1 aromatic heterocycles. The SMILES string of the molecule is CC(=O)c1ccc(-n2c(=O)n3n(c2=O)C2C(=CC3)C(C)(C)Oc3cc(OP(=O)([O-])[O-])ccc32)cc1.[Na+].[Na+]. The number of ether oxygens (including phenoxy) is 1. The summed E-state index contributed by atoms with van der Waals surface area (Å²) in [6.07, 6.45) is 1.82. The van der Waals surface area contributed by atoms with Crippen LogP contribution in [0.1, 0.15) is 42.7 Å². The summed E-state index contributed by atoms with van der Waals surface area (Å²) in [6, 6.07) is 9.52. The van der Waals surface area contributed by atoms with Gasteiger partial charge in [-0.3, -0.25) is 4.79 Å². The largest absolute Gasteiger partial charge is 1.00 e. The molecule has 0 saturated heterocycles. The number of fused-ring (bicyclic) bond motifs is 5. The van der Waals surface area contributed by atoms with Crippen LogP contribution in [0.2, 0.25) is 0 Å². The second kappa shape index (κ2) is 10.5. The van der Waals surface area contributed by atoms with Crippen molar-refractivity contribution in [3.8, 4) is 17.2 Å². The summed E-state index contributed by atoms with van der Waals surface area (Å²) in [6.45, 7) is 5.13. The van der Waals surface area contributed by atoms with E-state index >= 15 is 0 Å². The number of Topliss-reactive ketones (excluding diaryl/α,β-unsaturated/α-hetero) is 1. The summed E-state index contributed by atoms with van der Waals surface area (Å²) in [4.78, 5) is 60.6. The van der Waals surface area contributed by atoms with Gasteiger partial charge in [0.25, 0.3) is 0 Å². The van der Waals surface area contributed by atoms with Crippen molar-refractivity contribution in [1.29, 1.82) is 0 Å². The van der Waals surface area contributed by atoms with Crippen LogP contribution in [-0.4, -0.2) is 25.3 Å². The van der Waals surface area contributed by atoms with E-state index in [1.807, 2.05) is 6.08 Å². The van der Waals surface area contributed by atoms with E-state index in [9.17, 15) is 28.7 Å². The number of carbonyl (C=O) groups is 1. The normalized spacial score (nSPS) is 17.0. The predicted molar refractivity (Wildman–Crippen MR) is 120 cm³/mol. The maximum atomic E-state index is 13.6. The Bertz CT molecular complexity index is 1580. The van der Waals surface area contributed by atoms with Crippen LogP contribution in [0, 0.1) is 0 Å². The Labute approximate surface area is 255 Å². The van der Waals surface area contributed by atoms with Crippen molar-refractivity contribution in [3.63, 3.8) is 0 Å². The van der Waals surface area contributed by atoms with E-state index in [-0.39, 0.29) is 82.9 Å². The number of benzene rings is 2. The second-order valence-electron chi connectivity index (χ2n) is 8.84. The molecular weight excluding hydrogens is 523 g/mol. The molecule has 2 aliphatic heterocycles. The molecule has 3 heterocycles. The Morgan fingerprint density at radius 3 is 2.32 bits per heavy atom. The van der Waals surface area contributed by atoms with Gasteiger partial charge in [0.2, 0.25) is 0 Å². The first-order valence-electron chi connectivity index (χ1n) is 10.7. The zero-order chi connectivity index (χ0) is 25.3. The molecule has 0 spiro atoms. The van der Waals surface area contributed by atoms with E-state index in [1.165, 1.54) is 46.6 Å². The Morgan fingerprint density at radius 2 is 1.73 bits per heavy atom. The molecule has 1 unspecified atom stereocenters. The maximum absolute atomic E-state index is 13.6. The van der Waals surface area contributed by atoms with Crippen molar-refractivity contribution in [3.05, 3.63) is 86.2 Å². The fourth-order valence-corrected chi connectivity index (χ4v) is 5.00. The van der Waals surface area contributed by atoms with E-state index in [2.05, 4.69) is 4.52 Å². The molecule has 37 heavy (non-hydrogen) atoms. The fraction of sp³-hybridized carbons (Fsp3) is 0.261. The van der Waals surface area contributed by atoms with Gasteiger partial charge >= 0.3 is 70.5 Å². The van der Waals surface area contributed by atoms with Crippen LogP contribution in [0.4, 0.5) is 0 Å². The number of aromatic nitrogens is 3. The van der Waals surface area contributed by atoms with Crippen LogP contribution in [0.15, 0.2) is 63.7 Å². The van der Waals surface area contributed by atoms with Crippen molar-refractivity contribution in [2.24, 2.45) is 0 Å². The molecule has 0 fully saturated rings. The zero-order valence-electron chi connectivity index (χ0n) is 21.0. The average Bonchev–Trinajstić information content (AvgIpc) is 3.02. The number of nitrogens with zero attached hydrogens (tertiary/aromatic N) is 3. The number of allylic oxidation sites excluding steroid dienone is 1. The van der Waals surface area contributed by atoms with E-state index in [0.29, 0.717) is 16.8 Å². The number of hydrogen-bond donors (Lipinski definition) is 0. The molecule has 0 radical (unpaired) electrons. The second-order valence-corrected chi connectivity index (χ2v) is 9.92. The third-order valence-electron chi connectivity index (χ3n) is 6.17. The number of hydrogen-bond acceptors (Lipinski definition) is 8. The number of ketones is 1. The smallest absolute Gasteiger partial charge is 0.780 e. The van der Waals surface area contributed by atoms with Crippen molar-refractivity contribution in [1.82, 2.24) is 13.9 Å². The van der Waals surface area contributed by atoms with Crippen LogP contribution >= 0.6 is 7.82 Å². The molecule has 2 aromatic carbocycles. The molecular formula is C23H20N3Na2O8P. The number of carbonyl (C=O) groups excluding carboxylic acids is 1. The molecule has 5 rings (SSSR count). The van der Waals surface area contributed by atoms with Gasteiger partial charge in [0.05, 0.1) is 12.2 Å². The Kier molecular flexibility index (Phi) is 8.47. The van der Waals surface area contributed by atoms with Gasteiger partial charge in [0, 0.05) is 17.2 Å². The van der Waals surface area contributed by atoms with Gasteiger partial charge in [-0.2, -0.15) is 0 Å². The Hall–Kier alpha value is -1.66. The zero-order valence-corrected chi connectivity index (χ0v) is 25.9. The molecule has 1 atom stereocenters. The molecule has 182 valence electrons. The van der Waals surface area contributed by atoms with Crippen LogP contribution < -0.4 is 89.5 Å². The minimum atomic E-state index is -5.28. The summed E-state index contributed by atoms with van der Waals surface area (Å²) in [5, 5.41) is 0. The van der Waals surface area contributed by atoms with Gasteiger partial charge < -0.3 is 23.6 Å². The molecule has 0 aliphatic carbocycles. The number of rotatable bonds is 4. The minimum Gasteiger partial charge on any atom is -0.780 e. The monoisotopic (exact) mass is 543 g/mol. The fourth-order valence-electron chi connectivity index (χ4n) is 4.63. The molecule has 0 N–H and O–H groups in total. The Morgan fingerprint density at radius 1 is 1.08 bits per heavy atom. The summed E-state index contributed by atoms with van der Waals surface area (Å²) >= 11 is 0. The summed E-state index contributed by atoms with van der Waals surface area (Å²) in [5.41, 5.74) is -0.0519. The van der Waals surface area contributed by atoms with Crippen LogP contribution in [0.25, 0.3) is 5.69 Å². The molecule has 0 bridgehead atoms. The van der Waals surface area contributed by atoms with Gasteiger partial charge in [0.1, 0.15) is 31.0 Å². The minimum absolute atomic E-state index is 0. The van der Waals surface area contributed by atoms with E-state index in [1.54, 1.807) is 26.0 Å². The molecule has 14 heteroatoms. The van der Waals surface area contributed by atoms with Crippen LogP contribution in [0.3, 0.4) is 0 Å². The molecule has 0 amide bonds. The molecule has 3 aromatic rings. The van der Waals surface area contributed by atoms with Crippen LogP contribution in [0.5, 0.6) is 11.5 Å². The van der Waals surface area contributed by atoms with Crippen LogP contribution in [-0.2, 0) is 11.1 Å². The van der Waals surface area contributed by atoms with Gasteiger partial charge in [-0.1, -0.05) is 6.08 Å². The van der Waals surface area contributed by atoms with Crippen molar-refractivity contribution < 1.29 is 87.5 Å². The first kappa shape index (κ1) is 29.9. The quantitative estimate of drug-likeness (QED) is 0.138. The first-order valence-corrected chi connectivity index (χ1v) is 12.1. The predicted octanol–water partition coefficient (Wildman–Crippen LogP) is -5.08. The standard InChI is InChI=1S/C23H22N3O8P.2Na/c1-13(27)14-4-6-15(7-5-14)25-21(28)24-11-10-18-20(26(24)22(25)29)17-9-8-16(34-35(30,31)32)12-19(17)33-23(18,2)3;;/h4-10,12,20H,11H2,1-3H3,(H2,30,31,32);;/q;2*+1/p-2. The number of phosphoric ester groups is 1. The molecule has 11 nitrogen and oxygen atoms in total. The van der Waals surface area contributed by atoms with Gasteiger partial charge in [-0.05, 0) is 62.7 Å². The molecule has 0 saturated carbocycles. The van der Waals surface area contributed by atoms with E-state index in [4.69, 9.17) is 4.74 Å². The summed E-state index contributed by atoms with van der Waals surface area (Å²) in [5.74, 6) is -0.140. The molecule has 2 aliphatic rings. The first-order chi connectivity index (χ1) is 16.4.